The smallest absolute Gasteiger partial charge is 0.126 e. The van der Waals surface area contributed by atoms with Crippen molar-refractivity contribution in [1.29, 1.82) is 0 Å². The van der Waals surface area contributed by atoms with Gasteiger partial charge in [-0.1, -0.05) is 255 Å². The van der Waals surface area contributed by atoms with Crippen molar-refractivity contribution < 1.29 is 0 Å². The third kappa shape index (κ3) is 10.2. The van der Waals surface area contributed by atoms with Crippen LogP contribution >= 0.6 is 0 Å². The first-order chi connectivity index (χ1) is 47.7. The first kappa shape index (κ1) is 57.4. The van der Waals surface area contributed by atoms with Crippen molar-refractivity contribution in [2.75, 3.05) is 0 Å². The molecule has 17 rings (SSSR count). The van der Waals surface area contributed by atoms with Gasteiger partial charge < -0.3 is 19.9 Å². The molecule has 0 amide bonds. The highest BCUT2D eigenvalue weighted by Crippen LogP contribution is 2.58. The van der Waals surface area contributed by atoms with Crippen LogP contribution in [0.4, 0.5) is 0 Å². The monoisotopic (exact) mass is 1230 g/mol. The normalized spacial score (nSPS) is 13.6. The van der Waals surface area contributed by atoms with Gasteiger partial charge in [-0.3, -0.25) is 0 Å². The van der Waals surface area contributed by atoms with E-state index < -0.39 is 11.8 Å². The predicted molar refractivity (Wildman–Crippen MR) is 395 cm³/mol. The average Bonchev–Trinajstić information content (AvgIpc) is 1.55. The fraction of sp³-hybridized carbons (Fsp3) is 0.0217. The number of rotatable bonds is 12. The van der Waals surface area contributed by atoms with E-state index in [1.807, 2.05) is 0 Å². The number of aromatic amines is 4. The standard InChI is InChI=1S/C92H66N4/c1-13-37-61(38-14-1)73-74(62-39-15-2-16-40-62)86-82(70-55-31-10-32-56-70)88-77(65-45-21-5-22-46-65)78(66-47-23-6-24-48-66)90(95-88)84(72-59-35-12-36-60-72)92-80(68-51-27-8-28-52-68)79(67-49-25-7-26-50-67)91(96-92)83(71-57-33-11-34-58-71)89-76(64-43-19-4-20-44-64)75(63-41-17-3-18-42-63)87(94-89)81(85(73)93-86)69-53-29-9-30-54-69/h1-60,81,84,93-96H/q+2. The average molecular weight is 1230 g/mol. The summed E-state index contributed by atoms with van der Waals surface area (Å²) in [6.07, 6.45) is 0. The summed E-state index contributed by atoms with van der Waals surface area (Å²) in [5.41, 5.74) is 30.0. The van der Waals surface area contributed by atoms with Gasteiger partial charge in [0.1, 0.15) is 34.6 Å². The maximum absolute atomic E-state index is 4.56. The molecule has 16 aromatic rings. The molecule has 0 unspecified atom stereocenters. The fourth-order valence-electron chi connectivity index (χ4n) is 15.2. The van der Waals surface area contributed by atoms with E-state index >= 15 is 0 Å². The van der Waals surface area contributed by atoms with Crippen LogP contribution in [-0.4, -0.2) is 19.9 Å². The van der Waals surface area contributed by atoms with E-state index in [0.717, 1.165) is 169 Å². The van der Waals surface area contributed by atoms with E-state index in [1.54, 1.807) is 0 Å². The van der Waals surface area contributed by atoms with E-state index in [-0.39, 0.29) is 0 Å². The van der Waals surface area contributed by atoms with Crippen LogP contribution < -0.4 is 0 Å². The van der Waals surface area contributed by atoms with E-state index in [9.17, 15) is 0 Å². The zero-order valence-corrected chi connectivity index (χ0v) is 52.8. The molecule has 4 aromatic heterocycles. The number of H-pyrrole nitrogens is 4. The Balaban J connectivity index is 1.16. The Morgan fingerprint density at radius 3 is 0.510 bits per heavy atom. The Bertz CT molecular complexity index is 4360. The van der Waals surface area contributed by atoms with Gasteiger partial charge in [0.25, 0.3) is 0 Å². The van der Waals surface area contributed by atoms with Gasteiger partial charge in [-0.15, -0.1) is 0 Å². The van der Waals surface area contributed by atoms with Gasteiger partial charge >= 0.3 is 0 Å². The quantitative estimate of drug-likeness (QED) is 0.0881. The topological polar surface area (TPSA) is 63.2 Å². The molecule has 0 atom stereocenters. The van der Waals surface area contributed by atoms with Crippen molar-refractivity contribution in [3.63, 3.8) is 0 Å². The fourth-order valence-corrected chi connectivity index (χ4v) is 15.2. The summed E-state index contributed by atoms with van der Waals surface area (Å²) in [5.74, 6) is 1.17. The molecule has 0 spiro atoms. The number of hydrogen-bond donors (Lipinski definition) is 4. The maximum atomic E-state index is 4.56. The summed E-state index contributed by atoms with van der Waals surface area (Å²) in [4.78, 5) is 18.2. The number of aromatic nitrogens is 4. The molecule has 4 N–H and O–H groups in total. The number of benzene rings is 12. The lowest BCUT2D eigenvalue weighted by Crippen LogP contribution is -2.12. The van der Waals surface area contributed by atoms with Crippen molar-refractivity contribution in [1.82, 2.24) is 19.9 Å². The van der Waals surface area contributed by atoms with E-state index in [2.05, 4.69) is 384 Å². The highest BCUT2D eigenvalue weighted by molar-refractivity contribution is 5.99. The molecule has 8 bridgehead atoms. The van der Waals surface area contributed by atoms with Crippen LogP contribution in [0.5, 0.6) is 0 Å². The molecule has 4 heterocycles. The number of fused-ring (bicyclic) bond motifs is 12. The minimum atomic E-state index is -0.450. The zero-order chi connectivity index (χ0) is 63.7. The molecule has 0 saturated heterocycles. The van der Waals surface area contributed by atoms with Gasteiger partial charge in [0.2, 0.25) is 0 Å². The molecular formula is C92H66N4+2. The van der Waals surface area contributed by atoms with Crippen LogP contribution in [0.25, 0.3) is 89.0 Å². The Morgan fingerprint density at radius 2 is 0.323 bits per heavy atom. The minimum absolute atomic E-state index is 0.450. The molecule has 0 radical (unpaired) electrons. The van der Waals surface area contributed by atoms with Gasteiger partial charge in [-0.2, -0.15) is 0 Å². The van der Waals surface area contributed by atoms with Crippen molar-refractivity contribution in [2.45, 2.75) is 11.8 Å². The molecule has 0 fully saturated rings. The van der Waals surface area contributed by atoms with Crippen molar-refractivity contribution in [3.8, 4) is 89.0 Å². The Morgan fingerprint density at radius 1 is 0.167 bits per heavy atom. The van der Waals surface area contributed by atoms with Crippen LogP contribution in [0.15, 0.2) is 364 Å². The van der Waals surface area contributed by atoms with E-state index in [0.29, 0.717) is 0 Å². The third-order valence-corrected chi connectivity index (χ3v) is 19.2. The van der Waals surface area contributed by atoms with Crippen LogP contribution in [0.3, 0.4) is 0 Å². The molecule has 4 heteroatoms. The second-order valence-electron chi connectivity index (χ2n) is 24.8. The molecule has 0 aliphatic heterocycles. The molecule has 96 heavy (non-hydrogen) atoms. The Labute approximate surface area is 561 Å². The summed E-state index contributed by atoms with van der Waals surface area (Å²) in [6, 6.07) is 133. The van der Waals surface area contributed by atoms with Crippen molar-refractivity contribution >= 4 is 0 Å². The molecule has 4 nitrogen and oxygen atoms in total. The van der Waals surface area contributed by atoms with Gasteiger partial charge in [0, 0.05) is 91.5 Å². The third-order valence-electron chi connectivity index (χ3n) is 19.2. The van der Waals surface area contributed by atoms with Crippen LogP contribution in [0, 0.1) is 11.8 Å². The summed E-state index contributed by atoms with van der Waals surface area (Å²) < 4.78 is 0. The second kappa shape index (κ2) is 25.2. The first-order valence-corrected chi connectivity index (χ1v) is 33.2. The molecule has 12 aromatic carbocycles. The first-order valence-electron chi connectivity index (χ1n) is 33.2. The van der Waals surface area contributed by atoms with Gasteiger partial charge in [0.05, 0.1) is 45.2 Å². The minimum Gasteiger partial charge on any atom is -0.343 e. The summed E-state index contributed by atoms with van der Waals surface area (Å²) in [6.45, 7) is 0. The second-order valence-corrected chi connectivity index (χ2v) is 24.8. The molecule has 0 saturated carbocycles. The van der Waals surface area contributed by atoms with Crippen molar-refractivity contribution in [3.05, 3.63) is 444 Å². The van der Waals surface area contributed by atoms with Crippen LogP contribution in [-0.2, 0) is 0 Å². The van der Waals surface area contributed by atoms with E-state index in [4.69, 9.17) is 0 Å². The largest absolute Gasteiger partial charge is 0.343 e. The summed E-state index contributed by atoms with van der Waals surface area (Å²) >= 11 is 0. The number of nitrogens with one attached hydrogen (secondary N) is 4. The molecule has 1 aliphatic rings. The molecule has 1 aliphatic carbocycles. The highest BCUT2D eigenvalue weighted by Gasteiger charge is 2.46. The Kier molecular flexibility index (Phi) is 15.1. The zero-order valence-electron chi connectivity index (χ0n) is 52.8. The lowest BCUT2D eigenvalue weighted by atomic mass is 9.79. The predicted octanol–water partition coefficient (Wildman–Crippen LogP) is 23.0. The van der Waals surface area contributed by atoms with Crippen molar-refractivity contribution in [2.24, 2.45) is 0 Å². The van der Waals surface area contributed by atoms with Crippen LogP contribution in [0.1, 0.15) is 79.6 Å². The van der Waals surface area contributed by atoms with Crippen LogP contribution in [0.2, 0.25) is 0 Å². The number of hydrogen-bond acceptors (Lipinski definition) is 0. The lowest BCUT2D eigenvalue weighted by Gasteiger charge is -2.20. The van der Waals surface area contributed by atoms with Gasteiger partial charge in [0.15, 0.2) is 0 Å². The molecule has 452 valence electrons. The van der Waals surface area contributed by atoms with Gasteiger partial charge in [-0.05, 0) is 118 Å². The Hall–Kier alpha value is -12.5. The van der Waals surface area contributed by atoms with Gasteiger partial charge in [-0.25, -0.2) is 0 Å². The summed E-state index contributed by atoms with van der Waals surface area (Å²) in [5, 5.41) is 0. The molecular weight excluding hydrogens is 1160 g/mol. The SMILES string of the molecule is c1ccc(-c2c3[nH]c(c2-c2ccccc2)C(c2ccccc2)c2[nH]c(c(-c4ccccc4)c2-c2ccccc2)[C+](c2ccccc2)c2[nH]c(c(-c4ccccc4)c2-c2ccccc2)C(c2ccccc2)c2[nH]c(c(-c4ccccc4)c2-c2ccccc2)[C+]3c2ccccc2)cc1. The highest BCUT2D eigenvalue weighted by atomic mass is 14.9. The maximum Gasteiger partial charge on any atom is 0.126 e. The lowest BCUT2D eigenvalue weighted by molar-refractivity contribution is 0.871. The summed E-state index contributed by atoms with van der Waals surface area (Å²) in [7, 11) is 0. The van der Waals surface area contributed by atoms with E-state index in [1.165, 1.54) is 0 Å².